The van der Waals surface area contributed by atoms with Gasteiger partial charge in [0, 0.05) is 0 Å². The van der Waals surface area contributed by atoms with Crippen LogP contribution in [0.15, 0.2) is 0 Å². The topological polar surface area (TPSA) is 0 Å². The molecule has 1 radical (unpaired) electrons. The molecule has 1 rings (SSSR count). The van der Waals surface area contributed by atoms with Crippen molar-refractivity contribution in [2.75, 3.05) is 0 Å². The van der Waals surface area contributed by atoms with Crippen LogP contribution in [0.2, 0.25) is 16.6 Å². The van der Waals surface area contributed by atoms with E-state index in [1.165, 1.54) is 37.3 Å². The minimum atomic E-state index is -0.339. The second kappa shape index (κ2) is 4.44. The van der Waals surface area contributed by atoms with E-state index in [1.54, 1.807) is 0 Å². The second-order valence-electron chi connectivity index (χ2n) is 3.55. The Hall–Kier alpha value is 0.558. The van der Waals surface area contributed by atoms with Gasteiger partial charge in [-0.1, -0.05) is 0 Å². The molecule has 1 aliphatic rings. The van der Waals surface area contributed by atoms with Crippen LogP contribution in [0, 0.1) is 5.92 Å². The molecule has 0 amide bonds. The predicted octanol–water partition coefficient (Wildman–Crippen LogP) is 3.28. The Balaban J connectivity index is 2.13. The molecule has 0 spiro atoms. The van der Waals surface area contributed by atoms with Crippen LogP contribution < -0.4 is 0 Å². The maximum atomic E-state index is 2.47. The van der Waals surface area contributed by atoms with E-state index in [1.807, 2.05) is 5.92 Å². The van der Waals surface area contributed by atoms with Crippen molar-refractivity contribution >= 4 is 14.7 Å². The summed E-state index contributed by atoms with van der Waals surface area (Å²) < 4.78 is 0. The average molecular weight is 201 g/mol. The summed E-state index contributed by atoms with van der Waals surface area (Å²) in [4.78, 5) is 0. The van der Waals surface area contributed by atoms with Gasteiger partial charge in [-0.2, -0.15) is 0 Å². The molecule has 59 valence electrons. The van der Waals surface area contributed by atoms with E-state index in [0.717, 1.165) is 0 Å². The number of hydrogen-bond acceptors (Lipinski definition) is 0. The van der Waals surface area contributed by atoms with E-state index < -0.39 is 0 Å². The van der Waals surface area contributed by atoms with Crippen molar-refractivity contribution in [1.82, 2.24) is 0 Å². The monoisotopic (exact) mass is 201 g/mol. The first-order valence-electron chi connectivity index (χ1n) is 4.27. The van der Waals surface area contributed by atoms with Crippen LogP contribution in [-0.2, 0) is 0 Å². The minimum absolute atomic E-state index is 0.339. The van der Waals surface area contributed by atoms with Gasteiger partial charge in [-0.05, 0) is 0 Å². The van der Waals surface area contributed by atoms with Crippen LogP contribution in [0.3, 0.4) is 0 Å². The van der Waals surface area contributed by atoms with Crippen LogP contribution in [0.25, 0.3) is 0 Å². The molecule has 0 heterocycles. The van der Waals surface area contributed by atoms with Gasteiger partial charge < -0.3 is 0 Å². The molecule has 1 heteroatoms. The van der Waals surface area contributed by atoms with Crippen molar-refractivity contribution in [3.8, 4) is 0 Å². The Kier molecular flexibility index (Phi) is 3.84. The molecule has 1 saturated carbocycles. The van der Waals surface area contributed by atoms with Gasteiger partial charge in [0.1, 0.15) is 0 Å². The molecule has 0 atom stereocenters. The molecule has 1 aliphatic carbocycles. The Labute approximate surface area is 69.7 Å². The Morgan fingerprint density at radius 3 is 2.20 bits per heavy atom. The van der Waals surface area contributed by atoms with Gasteiger partial charge in [0.05, 0.1) is 0 Å². The summed E-state index contributed by atoms with van der Waals surface area (Å²) in [5.41, 5.74) is 4.93. The quantitative estimate of drug-likeness (QED) is 0.601. The molecule has 1 fully saturated rings. The summed E-state index contributed by atoms with van der Waals surface area (Å²) in [6.07, 6.45) is 7.39. The van der Waals surface area contributed by atoms with Gasteiger partial charge in [-0.15, -0.1) is 0 Å². The summed E-state index contributed by atoms with van der Waals surface area (Å²) in [7, 11) is 0. The van der Waals surface area contributed by atoms with Crippen molar-refractivity contribution < 1.29 is 0 Å². The normalized spacial score (nSPS) is 21.9. The van der Waals surface area contributed by atoms with E-state index in [0.29, 0.717) is 0 Å². The Morgan fingerprint density at radius 1 is 1.10 bits per heavy atom. The Morgan fingerprint density at radius 2 is 1.70 bits per heavy atom. The van der Waals surface area contributed by atoms with E-state index >= 15 is 0 Å². The van der Waals surface area contributed by atoms with Gasteiger partial charge >= 0.3 is 69.3 Å². The maximum absolute atomic E-state index is 2.47. The summed E-state index contributed by atoms with van der Waals surface area (Å²) >= 11 is -0.339. The first kappa shape index (κ1) is 8.65. The SMILES string of the molecule is C[As](C)C[C]1CCCCC1. The van der Waals surface area contributed by atoms with Gasteiger partial charge in [0.2, 0.25) is 0 Å². The fourth-order valence-corrected chi connectivity index (χ4v) is 4.20. The zero-order valence-corrected chi connectivity index (χ0v) is 9.07. The van der Waals surface area contributed by atoms with E-state index in [-0.39, 0.29) is 14.7 Å². The summed E-state index contributed by atoms with van der Waals surface area (Å²) in [5.74, 6) is 1.90. The molecule has 0 aromatic carbocycles. The summed E-state index contributed by atoms with van der Waals surface area (Å²) in [6.45, 7) is 0. The van der Waals surface area contributed by atoms with Crippen molar-refractivity contribution in [3.05, 3.63) is 5.92 Å². The third-order valence-electron chi connectivity index (χ3n) is 2.10. The Bertz CT molecular complexity index is 82.7. The molecule has 10 heavy (non-hydrogen) atoms. The van der Waals surface area contributed by atoms with E-state index in [4.69, 9.17) is 0 Å². The van der Waals surface area contributed by atoms with E-state index in [9.17, 15) is 0 Å². The molecule has 0 aliphatic heterocycles. The molecule has 0 aromatic heterocycles. The van der Waals surface area contributed by atoms with Gasteiger partial charge in [-0.25, -0.2) is 0 Å². The van der Waals surface area contributed by atoms with Crippen LogP contribution in [-0.4, -0.2) is 14.7 Å². The van der Waals surface area contributed by atoms with Crippen LogP contribution >= 0.6 is 0 Å². The van der Waals surface area contributed by atoms with Gasteiger partial charge in [-0.3, -0.25) is 0 Å². The van der Waals surface area contributed by atoms with Crippen molar-refractivity contribution in [2.45, 2.75) is 48.7 Å². The molecule has 0 aromatic rings. The summed E-state index contributed by atoms with van der Waals surface area (Å²) in [6, 6.07) is 0. The molecule has 0 N–H and O–H groups in total. The molecule has 0 bridgehead atoms. The zero-order chi connectivity index (χ0) is 7.40. The second-order valence-corrected chi connectivity index (χ2v) is 8.74. The fourth-order valence-electron chi connectivity index (χ4n) is 1.66. The predicted molar refractivity (Wildman–Crippen MR) is 48.6 cm³/mol. The van der Waals surface area contributed by atoms with Gasteiger partial charge in [0.15, 0.2) is 0 Å². The zero-order valence-electron chi connectivity index (χ0n) is 7.19. The average Bonchev–Trinajstić information content (AvgIpc) is 1.88. The van der Waals surface area contributed by atoms with Crippen molar-refractivity contribution in [3.63, 3.8) is 0 Å². The van der Waals surface area contributed by atoms with Crippen molar-refractivity contribution in [2.24, 2.45) is 0 Å². The van der Waals surface area contributed by atoms with Gasteiger partial charge in [0.25, 0.3) is 0 Å². The molecule has 0 saturated heterocycles. The third kappa shape index (κ3) is 3.10. The molecule has 0 unspecified atom stereocenters. The first-order chi connectivity index (χ1) is 4.79. The van der Waals surface area contributed by atoms with E-state index in [2.05, 4.69) is 11.4 Å². The fraction of sp³-hybridized carbons (Fsp3) is 0.889. The summed E-state index contributed by atoms with van der Waals surface area (Å²) in [5, 5.41) is 1.53. The first-order valence-corrected chi connectivity index (χ1v) is 9.35. The molecule has 0 nitrogen and oxygen atoms in total. The standard InChI is InChI=1S/C9H18As/c1-10(2)8-9-6-4-3-5-7-9/h3-8H2,1-2H3. The number of hydrogen-bond donors (Lipinski definition) is 0. The van der Waals surface area contributed by atoms with Crippen LogP contribution in [0.4, 0.5) is 0 Å². The third-order valence-corrected chi connectivity index (χ3v) is 4.37. The molecular weight excluding hydrogens is 183 g/mol. The van der Waals surface area contributed by atoms with Crippen LogP contribution in [0.1, 0.15) is 32.1 Å². The van der Waals surface area contributed by atoms with Crippen LogP contribution in [0.5, 0.6) is 0 Å². The number of rotatable bonds is 2. The van der Waals surface area contributed by atoms with Crippen molar-refractivity contribution in [1.29, 1.82) is 0 Å². The molecular formula is C9H18As.